The predicted octanol–water partition coefficient (Wildman–Crippen LogP) is 6.16. The highest BCUT2D eigenvalue weighted by atomic mass is 35.5. The summed E-state index contributed by atoms with van der Waals surface area (Å²) in [6.07, 6.45) is 6.79. The van der Waals surface area contributed by atoms with Crippen LogP contribution in [0.1, 0.15) is 93.7 Å². The van der Waals surface area contributed by atoms with Crippen LogP contribution in [0.2, 0.25) is 5.15 Å². The van der Waals surface area contributed by atoms with E-state index in [0.717, 1.165) is 12.8 Å². The molecule has 0 bridgehead atoms. The van der Waals surface area contributed by atoms with Crippen molar-refractivity contribution in [1.82, 2.24) is 20.6 Å². The van der Waals surface area contributed by atoms with Crippen molar-refractivity contribution in [3.8, 4) is 11.8 Å². The van der Waals surface area contributed by atoms with Crippen LogP contribution in [0.4, 0.5) is 21.9 Å². The highest BCUT2D eigenvalue weighted by molar-refractivity contribution is 6.29. The van der Waals surface area contributed by atoms with Crippen molar-refractivity contribution in [3.63, 3.8) is 0 Å². The van der Waals surface area contributed by atoms with Gasteiger partial charge in [0.05, 0.1) is 5.56 Å². The lowest BCUT2D eigenvalue weighted by molar-refractivity contribution is -0.137. The van der Waals surface area contributed by atoms with Gasteiger partial charge in [0.2, 0.25) is 11.8 Å². The summed E-state index contributed by atoms with van der Waals surface area (Å²) in [6.45, 7) is 0. The third-order valence-corrected chi connectivity index (χ3v) is 10.5. The molecule has 1 aliphatic heterocycles. The second kappa shape index (κ2) is 17.0. The maximum absolute atomic E-state index is 13.7. The fourth-order valence-electron chi connectivity index (χ4n) is 7.49. The second-order valence-corrected chi connectivity index (χ2v) is 14.5. The van der Waals surface area contributed by atoms with Gasteiger partial charge in [0.15, 0.2) is 11.6 Å². The Morgan fingerprint density at radius 3 is 2.23 bits per heavy atom. The van der Waals surface area contributed by atoms with Gasteiger partial charge in [-0.1, -0.05) is 35.7 Å². The first-order valence-corrected chi connectivity index (χ1v) is 18.9. The Labute approximate surface area is 327 Å². The van der Waals surface area contributed by atoms with Crippen molar-refractivity contribution in [2.24, 2.45) is 11.8 Å². The van der Waals surface area contributed by atoms with Crippen molar-refractivity contribution in [3.05, 3.63) is 112 Å². The minimum atomic E-state index is -0.659. The van der Waals surface area contributed by atoms with Gasteiger partial charge < -0.3 is 21.3 Å². The number of benzene rings is 2. The largest absolute Gasteiger partial charge is 0.382 e. The highest BCUT2D eigenvalue weighted by Crippen LogP contribution is 2.36. The number of hydrogen-bond acceptors (Lipinski definition) is 9. The molecule has 13 nitrogen and oxygen atoms in total. The number of rotatable bonds is 7. The smallest absolute Gasteiger partial charge is 0.323 e. The highest BCUT2D eigenvalue weighted by Gasteiger charge is 2.41. The number of aromatic nitrogens is 2. The molecule has 2 aromatic carbocycles. The van der Waals surface area contributed by atoms with E-state index in [1.807, 2.05) is 6.07 Å². The summed E-state index contributed by atoms with van der Waals surface area (Å²) in [6, 6.07) is 18.2. The predicted molar refractivity (Wildman–Crippen MR) is 209 cm³/mol. The SMILES string of the molecule is O=C1CCC(C2CCC(=O)c3c(NC4CCC(NC(=O)c5cccc(C#Cc6cc(NC(=O)Nc7ccnc(Cl)c7)ccn6)c5)CC4)cccc3C2=O)C(=O)N1. The van der Waals surface area contributed by atoms with E-state index in [-0.39, 0.29) is 59.9 Å². The number of amides is 5. The zero-order valence-electron chi connectivity index (χ0n) is 30.2. The Balaban J connectivity index is 0.927. The molecule has 14 heteroatoms. The normalized spacial score (nSPS) is 20.7. The first-order valence-electron chi connectivity index (χ1n) is 18.5. The van der Waals surface area contributed by atoms with Gasteiger partial charge in [-0.15, -0.1) is 0 Å². The number of nitrogens with one attached hydrogen (secondary N) is 5. The molecule has 5 N–H and O–H groups in total. The molecular formula is C42H38ClN7O6. The number of pyridine rings is 2. The molecule has 0 spiro atoms. The van der Waals surface area contributed by atoms with Crippen molar-refractivity contribution in [2.45, 2.75) is 63.5 Å². The zero-order chi connectivity index (χ0) is 39.2. The molecule has 2 fully saturated rings. The Morgan fingerprint density at radius 1 is 0.750 bits per heavy atom. The number of nitrogens with zero attached hydrogens (tertiary/aromatic N) is 2. The fraction of sp³-hybridized carbons (Fsp3) is 0.286. The second-order valence-electron chi connectivity index (χ2n) is 14.1. The van der Waals surface area contributed by atoms with Gasteiger partial charge >= 0.3 is 6.03 Å². The topological polar surface area (TPSA) is 188 Å². The minimum Gasteiger partial charge on any atom is -0.382 e. The Hall–Kier alpha value is -6.39. The molecule has 0 radical (unpaired) electrons. The maximum Gasteiger partial charge on any atom is 0.323 e. The molecule has 4 aromatic rings. The summed E-state index contributed by atoms with van der Waals surface area (Å²) in [7, 11) is 0. The van der Waals surface area contributed by atoms with E-state index in [2.05, 4.69) is 48.4 Å². The summed E-state index contributed by atoms with van der Waals surface area (Å²) >= 11 is 5.88. The molecule has 1 saturated carbocycles. The molecule has 7 rings (SSSR count). The van der Waals surface area contributed by atoms with E-state index in [4.69, 9.17) is 11.6 Å². The van der Waals surface area contributed by atoms with Crippen LogP contribution in [-0.4, -0.2) is 57.4 Å². The average Bonchev–Trinajstić information content (AvgIpc) is 3.30. The van der Waals surface area contributed by atoms with E-state index in [0.29, 0.717) is 64.3 Å². The number of ketones is 2. The summed E-state index contributed by atoms with van der Waals surface area (Å²) in [4.78, 5) is 85.3. The standard InChI is InChI=1S/C42H38ClN7O6/c43-36-23-30(18-20-45-36)49-42(56)48-29-17-19-44-28(22-29)8-7-24-3-1-4-25(21-24)40(54)47-27-11-9-26(10-12-27)46-34-6-2-5-33-38(34)35(51)15-13-31(39(33)53)32-14-16-37(52)50-41(32)55/h1-6,17-23,26-27,31-32,46H,9-16H2,(H,47,54)(H,50,52,55)(H2,44,45,48,49,56). The molecule has 2 aliphatic carbocycles. The molecule has 3 heterocycles. The number of carbonyl (C=O) groups excluding carboxylic acids is 6. The van der Waals surface area contributed by atoms with Gasteiger partial charge in [-0.25, -0.2) is 14.8 Å². The van der Waals surface area contributed by atoms with E-state index in [9.17, 15) is 28.8 Å². The lowest BCUT2D eigenvalue weighted by Crippen LogP contribution is -2.45. The molecule has 5 amide bonds. The number of piperidine rings is 1. The Bertz CT molecular complexity index is 2290. The maximum atomic E-state index is 13.7. The number of anilines is 3. The summed E-state index contributed by atoms with van der Waals surface area (Å²) < 4.78 is 0. The molecule has 3 aliphatic rings. The lowest BCUT2D eigenvalue weighted by atomic mass is 9.79. The Kier molecular flexibility index (Phi) is 11.5. The average molecular weight is 772 g/mol. The van der Waals surface area contributed by atoms with Crippen molar-refractivity contribution in [1.29, 1.82) is 0 Å². The number of hydrogen-bond donors (Lipinski definition) is 5. The van der Waals surface area contributed by atoms with Crippen LogP contribution >= 0.6 is 11.6 Å². The van der Waals surface area contributed by atoms with Gasteiger partial charge in [-0.3, -0.25) is 29.3 Å². The van der Waals surface area contributed by atoms with E-state index in [1.54, 1.807) is 54.6 Å². The summed E-state index contributed by atoms with van der Waals surface area (Å²) in [5, 5.41) is 14.7. The van der Waals surface area contributed by atoms with Crippen LogP contribution in [0.5, 0.6) is 0 Å². The fourth-order valence-corrected chi connectivity index (χ4v) is 7.67. The monoisotopic (exact) mass is 771 g/mol. The van der Waals surface area contributed by atoms with Gasteiger partial charge in [0, 0.05) is 82.9 Å². The van der Waals surface area contributed by atoms with Crippen molar-refractivity contribution < 1.29 is 28.8 Å². The van der Waals surface area contributed by atoms with Crippen LogP contribution in [0.3, 0.4) is 0 Å². The van der Waals surface area contributed by atoms with Crippen molar-refractivity contribution in [2.75, 3.05) is 16.0 Å². The zero-order valence-corrected chi connectivity index (χ0v) is 30.9. The number of imide groups is 1. The molecule has 2 atom stereocenters. The van der Waals surface area contributed by atoms with Gasteiger partial charge in [-0.2, -0.15) is 0 Å². The van der Waals surface area contributed by atoms with Crippen LogP contribution in [0, 0.1) is 23.7 Å². The molecular weight excluding hydrogens is 734 g/mol. The number of urea groups is 1. The molecule has 2 aromatic heterocycles. The summed E-state index contributed by atoms with van der Waals surface area (Å²) in [5.41, 5.74) is 3.78. The Morgan fingerprint density at radius 2 is 1.46 bits per heavy atom. The van der Waals surface area contributed by atoms with Crippen LogP contribution in [-0.2, 0) is 9.59 Å². The molecule has 56 heavy (non-hydrogen) atoms. The molecule has 2 unspecified atom stereocenters. The third-order valence-electron chi connectivity index (χ3n) is 10.3. The quantitative estimate of drug-likeness (QED) is 0.0635. The van der Waals surface area contributed by atoms with E-state index < -0.39 is 23.8 Å². The van der Waals surface area contributed by atoms with E-state index >= 15 is 0 Å². The number of Topliss-reactive ketones (excluding diaryl/α,β-unsaturated/α-hetero) is 2. The van der Waals surface area contributed by atoms with Crippen molar-refractivity contribution >= 4 is 64.0 Å². The summed E-state index contributed by atoms with van der Waals surface area (Å²) in [5.74, 6) is 3.36. The molecule has 1 saturated heterocycles. The van der Waals surface area contributed by atoms with Crippen LogP contribution in [0.25, 0.3) is 0 Å². The van der Waals surface area contributed by atoms with Gasteiger partial charge in [-0.05, 0) is 93.0 Å². The number of carbonyl (C=O) groups is 6. The number of fused-ring (bicyclic) bond motifs is 1. The first kappa shape index (κ1) is 37.9. The van der Waals surface area contributed by atoms with Gasteiger partial charge in [0.25, 0.3) is 5.91 Å². The minimum absolute atomic E-state index is 0.0301. The van der Waals surface area contributed by atoms with Gasteiger partial charge in [0.1, 0.15) is 10.8 Å². The number of halogens is 1. The first-order chi connectivity index (χ1) is 27.1. The van der Waals surface area contributed by atoms with Crippen LogP contribution < -0.4 is 26.6 Å². The van der Waals surface area contributed by atoms with Crippen LogP contribution in [0.15, 0.2) is 79.1 Å². The lowest BCUT2D eigenvalue weighted by Gasteiger charge is -2.31. The third kappa shape index (κ3) is 9.10. The van der Waals surface area contributed by atoms with E-state index in [1.165, 1.54) is 18.5 Å². The molecule has 284 valence electrons.